The number of hydrogen-bond donors (Lipinski definition) is 3. The summed E-state index contributed by atoms with van der Waals surface area (Å²) in [4.78, 5) is 32.4. The molecule has 0 aliphatic rings. The number of carbonyl (C=O) groups is 2. The van der Waals surface area contributed by atoms with Crippen LogP contribution in [0.2, 0.25) is 0 Å². The Bertz CT molecular complexity index is 568. The van der Waals surface area contributed by atoms with E-state index in [1.165, 1.54) is 12.1 Å². The summed E-state index contributed by atoms with van der Waals surface area (Å²) >= 11 is 0. The number of non-ortho nitro benzene ring substituents is 1. The molecule has 0 fully saturated rings. The van der Waals surface area contributed by atoms with Crippen LogP contribution in [0.5, 0.6) is 0 Å². The van der Waals surface area contributed by atoms with Gasteiger partial charge in [-0.15, -0.1) is 0 Å². The lowest BCUT2D eigenvalue weighted by atomic mass is 9.86. The van der Waals surface area contributed by atoms with Crippen LogP contribution in [0.3, 0.4) is 0 Å². The highest BCUT2D eigenvalue weighted by Crippen LogP contribution is 2.22. The van der Waals surface area contributed by atoms with E-state index in [9.17, 15) is 19.7 Å². The first-order valence-corrected chi connectivity index (χ1v) is 6.64. The van der Waals surface area contributed by atoms with Crippen LogP contribution in [0, 0.1) is 16.0 Å². The van der Waals surface area contributed by atoms with E-state index in [2.05, 4.69) is 5.32 Å². The van der Waals surface area contributed by atoms with Crippen LogP contribution >= 0.6 is 0 Å². The molecule has 0 saturated heterocycles. The summed E-state index contributed by atoms with van der Waals surface area (Å²) < 4.78 is 0. The molecule has 4 N–H and O–H groups in total. The summed E-state index contributed by atoms with van der Waals surface area (Å²) in [7, 11) is 0. The number of nitrogens with zero attached hydrogens (tertiary/aromatic N) is 1. The number of carbonyl (C=O) groups excluding carboxylic acids is 1. The Hall–Kier alpha value is -2.64. The van der Waals surface area contributed by atoms with Gasteiger partial charge >= 0.3 is 6.09 Å². The van der Waals surface area contributed by atoms with Crippen molar-refractivity contribution in [1.82, 2.24) is 5.32 Å². The van der Waals surface area contributed by atoms with E-state index in [1.54, 1.807) is 26.0 Å². The van der Waals surface area contributed by atoms with Crippen molar-refractivity contribution in [3.05, 3.63) is 39.9 Å². The second-order valence-electron chi connectivity index (χ2n) is 5.75. The Morgan fingerprint density at radius 3 is 2.32 bits per heavy atom. The third-order valence-electron chi connectivity index (χ3n) is 3.23. The summed E-state index contributed by atoms with van der Waals surface area (Å²) in [5, 5.41) is 21.7. The van der Waals surface area contributed by atoms with Crippen molar-refractivity contribution < 1.29 is 19.6 Å². The second-order valence-corrected chi connectivity index (χ2v) is 5.75. The van der Waals surface area contributed by atoms with Crippen LogP contribution in [-0.4, -0.2) is 27.6 Å². The molecule has 8 heteroatoms. The van der Waals surface area contributed by atoms with Crippen LogP contribution in [-0.2, 0) is 11.2 Å². The van der Waals surface area contributed by atoms with Crippen LogP contribution in [0.15, 0.2) is 24.3 Å². The number of rotatable bonds is 7. The lowest BCUT2D eigenvalue weighted by Crippen LogP contribution is -2.46. The predicted octanol–water partition coefficient (Wildman–Crippen LogP) is 1.68. The van der Waals surface area contributed by atoms with Crippen molar-refractivity contribution in [1.29, 1.82) is 0 Å². The van der Waals surface area contributed by atoms with Crippen molar-refractivity contribution in [2.45, 2.75) is 32.2 Å². The van der Waals surface area contributed by atoms with E-state index in [-0.39, 0.29) is 18.5 Å². The smallest absolute Gasteiger partial charge is 0.405 e. The van der Waals surface area contributed by atoms with Crippen molar-refractivity contribution in [2.24, 2.45) is 11.7 Å². The average molecular weight is 309 g/mol. The molecule has 22 heavy (non-hydrogen) atoms. The van der Waals surface area contributed by atoms with Crippen molar-refractivity contribution in [3.63, 3.8) is 0 Å². The fraction of sp³-hybridized carbons (Fsp3) is 0.429. The van der Waals surface area contributed by atoms with Gasteiger partial charge in [0, 0.05) is 23.6 Å². The maximum absolute atomic E-state index is 11.6. The van der Waals surface area contributed by atoms with E-state index in [0.717, 1.165) is 5.56 Å². The van der Waals surface area contributed by atoms with Gasteiger partial charge in [-0.25, -0.2) is 4.79 Å². The van der Waals surface area contributed by atoms with Crippen LogP contribution in [0.4, 0.5) is 10.5 Å². The summed E-state index contributed by atoms with van der Waals surface area (Å²) in [6.07, 6.45) is -0.660. The topological polar surface area (TPSA) is 136 Å². The molecule has 1 rings (SSSR count). The molecule has 8 nitrogen and oxygen atoms in total. The van der Waals surface area contributed by atoms with Gasteiger partial charge in [-0.1, -0.05) is 12.1 Å². The largest absolute Gasteiger partial charge is 0.465 e. The summed E-state index contributed by atoms with van der Waals surface area (Å²) in [5.74, 6) is -1.12. The molecular weight excluding hydrogens is 290 g/mol. The number of primary amides is 1. The molecule has 0 unspecified atom stereocenters. The van der Waals surface area contributed by atoms with E-state index < -0.39 is 28.4 Å². The third kappa shape index (κ3) is 5.39. The molecule has 1 aromatic carbocycles. The van der Waals surface area contributed by atoms with Crippen molar-refractivity contribution in [2.75, 3.05) is 0 Å². The molecule has 0 saturated carbocycles. The van der Waals surface area contributed by atoms with E-state index in [1.807, 2.05) is 0 Å². The molecule has 0 radical (unpaired) electrons. The molecule has 1 aromatic rings. The van der Waals surface area contributed by atoms with Gasteiger partial charge in [-0.2, -0.15) is 0 Å². The molecule has 1 atom stereocenters. The first kappa shape index (κ1) is 17.4. The van der Waals surface area contributed by atoms with Gasteiger partial charge in [0.2, 0.25) is 5.91 Å². The normalized spacial score (nSPS) is 12.5. The summed E-state index contributed by atoms with van der Waals surface area (Å²) in [6.45, 7) is 3.32. The monoisotopic (exact) mass is 309 g/mol. The molecular formula is C14H19N3O5. The zero-order valence-electron chi connectivity index (χ0n) is 12.4. The standard InChI is InChI=1S/C14H19N3O5/c1-14(2,16-13(19)20)8-10(12(15)18)7-9-3-5-11(6-4-9)17(21)22/h3-6,10,16H,7-8H2,1-2H3,(H2,15,18)(H,19,20)/t10-/m0/s1. The van der Waals surface area contributed by atoms with E-state index >= 15 is 0 Å². The summed E-state index contributed by atoms with van der Waals surface area (Å²) in [6, 6.07) is 5.83. The quantitative estimate of drug-likeness (QED) is 0.520. The number of nitro groups is 1. The number of amides is 2. The van der Waals surface area contributed by atoms with Crippen LogP contribution in [0.1, 0.15) is 25.8 Å². The Morgan fingerprint density at radius 1 is 1.36 bits per heavy atom. The maximum Gasteiger partial charge on any atom is 0.405 e. The maximum atomic E-state index is 11.6. The van der Waals surface area contributed by atoms with Gasteiger partial charge in [-0.3, -0.25) is 14.9 Å². The van der Waals surface area contributed by atoms with Gasteiger partial charge in [-0.05, 0) is 32.3 Å². The molecule has 0 aliphatic carbocycles. The molecule has 0 aliphatic heterocycles. The minimum atomic E-state index is -1.18. The van der Waals surface area contributed by atoms with Gasteiger partial charge in [0.05, 0.1) is 4.92 Å². The molecule has 2 amide bonds. The van der Waals surface area contributed by atoms with Gasteiger partial charge in [0.25, 0.3) is 5.69 Å². The van der Waals surface area contributed by atoms with Gasteiger partial charge < -0.3 is 16.2 Å². The number of benzene rings is 1. The SMILES string of the molecule is CC(C)(C[C@H](Cc1ccc([N+](=O)[O-])cc1)C(N)=O)NC(=O)O. The zero-order chi connectivity index (χ0) is 16.9. The van der Waals surface area contributed by atoms with E-state index in [0.29, 0.717) is 0 Å². The Kier molecular flexibility index (Phi) is 5.44. The Morgan fingerprint density at radius 2 is 1.91 bits per heavy atom. The molecule has 0 aromatic heterocycles. The van der Waals surface area contributed by atoms with Crippen LogP contribution in [0.25, 0.3) is 0 Å². The number of nitrogens with two attached hydrogens (primary N) is 1. The Labute approximate surface area is 127 Å². The van der Waals surface area contributed by atoms with Gasteiger partial charge in [0.1, 0.15) is 0 Å². The minimum Gasteiger partial charge on any atom is -0.465 e. The lowest BCUT2D eigenvalue weighted by Gasteiger charge is -2.28. The molecule has 0 heterocycles. The fourth-order valence-electron chi connectivity index (χ4n) is 2.27. The first-order valence-electron chi connectivity index (χ1n) is 6.64. The highest BCUT2D eigenvalue weighted by atomic mass is 16.6. The minimum absolute atomic E-state index is 0.0350. The fourth-order valence-corrected chi connectivity index (χ4v) is 2.27. The third-order valence-corrected chi connectivity index (χ3v) is 3.23. The number of hydrogen-bond acceptors (Lipinski definition) is 4. The average Bonchev–Trinajstić information content (AvgIpc) is 2.36. The molecule has 0 spiro atoms. The number of nitro benzene ring substituents is 1. The number of nitrogens with one attached hydrogen (secondary N) is 1. The Balaban J connectivity index is 2.82. The molecule has 0 bridgehead atoms. The van der Waals surface area contributed by atoms with Gasteiger partial charge in [0.15, 0.2) is 0 Å². The predicted molar refractivity (Wildman–Crippen MR) is 79.3 cm³/mol. The number of carboxylic acid groups (broad SMARTS) is 1. The van der Waals surface area contributed by atoms with Crippen molar-refractivity contribution in [3.8, 4) is 0 Å². The lowest BCUT2D eigenvalue weighted by molar-refractivity contribution is -0.384. The van der Waals surface area contributed by atoms with Crippen LogP contribution < -0.4 is 11.1 Å². The van der Waals surface area contributed by atoms with E-state index in [4.69, 9.17) is 10.8 Å². The summed E-state index contributed by atoms with van der Waals surface area (Å²) in [5.41, 5.74) is 5.25. The second kappa shape index (κ2) is 6.88. The highest BCUT2D eigenvalue weighted by molar-refractivity contribution is 5.77. The highest BCUT2D eigenvalue weighted by Gasteiger charge is 2.28. The zero-order valence-corrected chi connectivity index (χ0v) is 12.4. The first-order chi connectivity index (χ1) is 10.1. The molecule has 120 valence electrons. The van der Waals surface area contributed by atoms with Crippen molar-refractivity contribution >= 4 is 17.7 Å².